The number of aliphatic hydroxyl groups is 1. The molecule has 4 rings (SSSR count). The van der Waals surface area contributed by atoms with Gasteiger partial charge in [-0.2, -0.15) is 0 Å². The average molecular weight is 446 g/mol. The van der Waals surface area contributed by atoms with Crippen LogP contribution in [-0.4, -0.2) is 71.8 Å². The lowest BCUT2D eigenvalue weighted by Gasteiger charge is -2.33. The number of aliphatic hydroxyl groups excluding tert-OH is 1. The fourth-order valence-electron chi connectivity index (χ4n) is 5.72. The molecule has 5 atom stereocenters. The van der Waals surface area contributed by atoms with Crippen LogP contribution in [0.2, 0.25) is 0 Å². The largest absolute Gasteiger partial charge is 0.497 e. The molecule has 2 bridgehead atoms. The van der Waals surface area contributed by atoms with E-state index in [1.54, 1.807) is 31.4 Å². The molecule has 3 heterocycles. The molecule has 9 heteroatoms. The van der Waals surface area contributed by atoms with E-state index in [0.29, 0.717) is 30.8 Å². The van der Waals surface area contributed by atoms with Crippen LogP contribution in [0.25, 0.3) is 0 Å². The number of ether oxygens (including phenoxy) is 2. The number of anilines is 1. The molecule has 3 fully saturated rings. The Labute approximate surface area is 187 Å². The molecule has 0 saturated carbocycles. The highest BCUT2D eigenvalue weighted by atomic mass is 16.5. The van der Waals surface area contributed by atoms with Crippen LogP contribution >= 0.6 is 0 Å². The van der Waals surface area contributed by atoms with Gasteiger partial charge < -0.3 is 30.1 Å². The number of nitrogens with one attached hydrogen (secondary N) is 2. The number of fused-ring (bicyclic) bond motifs is 1. The molecule has 3 saturated heterocycles. The number of rotatable bonds is 8. The van der Waals surface area contributed by atoms with Gasteiger partial charge in [-0.05, 0) is 50.5 Å². The van der Waals surface area contributed by atoms with Crippen molar-refractivity contribution in [1.29, 1.82) is 0 Å². The van der Waals surface area contributed by atoms with Crippen LogP contribution in [0.1, 0.15) is 33.1 Å². The minimum Gasteiger partial charge on any atom is -0.497 e. The van der Waals surface area contributed by atoms with Crippen LogP contribution in [-0.2, 0) is 19.1 Å². The van der Waals surface area contributed by atoms with Gasteiger partial charge in [0.05, 0.1) is 31.2 Å². The highest BCUT2D eigenvalue weighted by molar-refractivity contribution is 6.03. The van der Waals surface area contributed by atoms with E-state index in [1.165, 1.54) is 4.90 Å². The molecule has 1 aromatic carbocycles. The lowest BCUT2D eigenvalue weighted by atomic mass is 9.66. The van der Waals surface area contributed by atoms with Gasteiger partial charge in [-0.1, -0.05) is 6.92 Å². The van der Waals surface area contributed by atoms with E-state index in [2.05, 4.69) is 10.6 Å². The topological polar surface area (TPSA) is 117 Å². The molecule has 3 amide bonds. The summed E-state index contributed by atoms with van der Waals surface area (Å²) in [6.07, 6.45) is 1.86. The summed E-state index contributed by atoms with van der Waals surface area (Å²) in [6, 6.07) is 5.96. The van der Waals surface area contributed by atoms with Crippen LogP contribution in [0, 0.1) is 11.8 Å². The van der Waals surface area contributed by atoms with Crippen molar-refractivity contribution >= 4 is 23.4 Å². The summed E-state index contributed by atoms with van der Waals surface area (Å²) in [5.74, 6) is -1.68. The third-order valence-electron chi connectivity index (χ3n) is 7.06. The number of benzene rings is 1. The molecule has 1 spiro atoms. The molecule has 3 N–H and O–H groups in total. The Morgan fingerprint density at radius 1 is 1.25 bits per heavy atom. The third kappa shape index (κ3) is 3.34. The van der Waals surface area contributed by atoms with E-state index in [0.717, 1.165) is 6.42 Å². The summed E-state index contributed by atoms with van der Waals surface area (Å²) >= 11 is 0. The second-order valence-corrected chi connectivity index (χ2v) is 8.99. The zero-order valence-electron chi connectivity index (χ0n) is 18.7. The van der Waals surface area contributed by atoms with Crippen molar-refractivity contribution in [2.24, 2.45) is 11.8 Å². The molecule has 9 nitrogen and oxygen atoms in total. The number of hydrogen-bond acceptors (Lipinski definition) is 6. The van der Waals surface area contributed by atoms with Crippen molar-refractivity contribution in [2.75, 3.05) is 32.1 Å². The second-order valence-electron chi connectivity index (χ2n) is 8.99. The first kappa shape index (κ1) is 22.5. The molecule has 3 aliphatic heterocycles. The molecule has 0 radical (unpaired) electrons. The molecule has 0 aromatic heterocycles. The number of hydrogen-bond donors (Lipinski definition) is 3. The van der Waals surface area contributed by atoms with Crippen LogP contribution in [0.5, 0.6) is 5.75 Å². The Morgan fingerprint density at radius 3 is 2.59 bits per heavy atom. The maximum atomic E-state index is 13.5. The summed E-state index contributed by atoms with van der Waals surface area (Å²) in [5, 5.41) is 15.4. The number of likely N-dealkylation sites (tertiary alicyclic amines) is 1. The van der Waals surface area contributed by atoms with Gasteiger partial charge >= 0.3 is 0 Å². The summed E-state index contributed by atoms with van der Waals surface area (Å²) < 4.78 is 11.6. The van der Waals surface area contributed by atoms with Gasteiger partial charge in [0.1, 0.15) is 17.4 Å². The predicted molar refractivity (Wildman–Crippen MR) is 116 cm³/mol. The summed E-state index contributed by atoms with van der Waals surface area (Å²) in [7, 11) is 1.56. The maximum Gasteiger partial charge on any atom is 0.250 e. The molecule has 174 valence electrons. The molecule has 0 aliphatic carbocycles. The van der Waals surface area contributed by atoms with Gasteiger partial charge in [0.25, 0.3) is 0 Å². The lowest BCUT2D eigenvalue weighted by molar-refractivity contribution is -0.145. The Bertz CT molecular complexity index is 905. The smallest absolute Gasteiger partial charge is 0.250 e. The monoisotopic (exact) mass is 445 g/mol. The molecular formula is C23H31N3O6. The number of β-amino-alcohol motifs (C(OH)–C–C–N with tert-alkyl or cyclic N) is 1. The van der Waals surface area contributed by atoms with E-state index in [9.17, 15) is 19.5 Å². The summed E-state index contributed by atoms with van der Waals surface area (Å²) in [6.45, 7) is 4.05. The van der Waals surface area contributed by atoms with Crippen molar-refractivity contribution in [3.05, 3.63) is 24.3 Å². The zero-order valence-corrected chi connectivity index (χ0v) is 18.7. The molecule has 3 aliphatic rings. The normalized spacial score (nSPS) is 32.7. The maximum absolute atomic E-state index is 13.5. The quantitative estimate of drug-likeness (QED) is 0.548. The van der Waals surface area contributed by atoms with Crippen LogP contribution in [0.15, 0.2) is 24.3 Å². The van der Waals surface area contributed by atoms with Crippen molar-refractivity contribution in [3.63, 3.8) is 0 Å². The fourth-order valence-corrected chi connectivity index (χ4v) is 5.72. The Balaban J connectivity index is 1.66. The number of carbonyl (C=O) groups is 3. The van der Waals surface area contributed by atoms with E-state index >= 15 is 0 Å². The first-order valence-electron chi connectivity index (χ1n) is 11.2. The number of amides is 3. The van der Waals surface area contributed by atoms with Gasteiger partial charge in [-0.3, -0.25) is 14.4 Å². The number of methoxy groups -OCH3 is 1. The number of nitrogens with zero attached hydrogens (tertiary/aromatic N) is 1. The molecule has 1 aromatic rings. The Morgan fingerprint density at radius 2 is 1.97 bits per heavy atom. The Hall–Kier alpha value is -2.65. The van der Waals surface area contributed by atoms with Gasteiger partial charge in [0, 0.05) is 18.8 Å². The van der Waals surface area contributed by atoms with Gasteiger partial charge in [0.2, 0.25) is 17.7 Å². The second kappa shape index (κ2) is 8.37. The SMILES string of the molecule is CCCNC(=O)[C@H]1[C@H]2C(=O)N(CCO)C(C(=O)Nc3ccc(OC)cc3)C23CC[C@]1(C)O3. The predicted octanol–water partition coefficient (Wildman–Crippen LogP) is 0.917. The molecule has 32 heavy (non-hydrogen) atoms. The van der Waals surface area contributed by atoms with Gasteiger partial charge in [-0.15, -0.1) is 0 Å². The lowest BCUT2D eigenvalue weighted by Crippen LogP contribution is -2.53. The number of carbonyl (C=O) groups excluding carboxylic acids is 3. The van der Waals surface area contributed by atoms with Gasteiger partial charge in [0.15, 0.2) is 0 Å². The fraction of sp³-hybridized carbons (Fsp3) is 0.609. The summed E-state index contributed by atoms with van der Waals surface area (Å²) in [4.78, 5) is 41.4. The molecular weight excluding hydrogens is 414 g/mol. The molecule has 2 unspecified atom stereocenters. The standard InChI is InChI=1S/C23H31N3O6/c1-4-11-24-19(28)16-17-21(30)26(12-13-27)18(23(17)10-9-22(16,2)32-23)20(29)25-14-5-7-15(31-3)8-6-14/h5-8,16-18,27H,4,9-13H2,1-3H3,(H,24,28)(H,25,29)/t16-,17+,18?,22+,23?/m1/s1. The highest BCUT2D eigenvalue weighted by Gasteiger charge is 2.77. The Kier molecular flexibility index (Phi) is 5.89. The van der Waals surface area contributed by atoms with Crippen LogP contribution < -0.4 is 15.4 Å². The van der Waals surface area contributed by atoms with Crippen molar-refractivity contribution in [3.8, 4) is 5.75 Å². The van der Waals surface area contributed by atoms with Gasteiger partial charge in [-0.25, -0.2) is 0 Å². The van der Waals surface area contributed by atoms with Crippen LogP contribution in [0.3, 0.4) is 0 Å². The first-order chi connectivity index (χ1) is 15.3. The van der Waals surface area contributed by atoms with Crippen LogP contribution in [0.4, 0.5) is 5.69 Å². The van der Waals surface area contributed by atoms with E-state index in [4.69, 9.17) is 9.47 Å². The first-order valence-corrected chi connectivity index (χ1v) is 11.2. The highest BCUT2D eigenvalue weighted by Crippen LogP contribution is 2.63. The van der Waals surface area contributed by atoms with E-state index in [-0.39, 0.29) is 25.0 Å². The van der Waals surface area contributed by atoms with Crippen molar-refractivity contribution in [2.45, 2.75) is 50.4 Å². The minimum absolute atomic E-state index is 0.00115. The third-order valence-corrected chi connectivity index (χ3v) is 7.06. The van der Waals surface area contributed by atoms with Crippen molar-refractivity contribution in [1.82, 2.24) is 10.2 Å². The zero-order chi connectivity index (χ0) is 23.1. The average Bonchev–Trinajstić information content (AvgIpc) is 3.34. The van der Waals surface area contributed by atoms with E-state index < -0.39 is 35.0 Å². The minimum atomic E-state index is -1.09. The van der Waals surface area contributed by atoms with E-state index in [1.807, 2.05) is 13.8 Å². The van der Waals surface area contributed by atoms with Crippen molar-refractivity contribution < 1.29 is 29.0 Å². The summed E-state index contributed by atoms with van der Waals surface area (Å²) in [5.41, 5.74) is -1.34.